The van der Waals surface area contributed by atoms with Gasteiger partial charge in [0.25, 0.3) is 17.7 Å². The second kappa shape index (κ2) is 24.9. The number of hydrogen-bond acceptors (Lipinski definition) is 22. The van der Waals surface area contributed by atoms with E-state index < -0.39 is 143 Å². The summed E-state index contributed by atoms with van der Waals surface area (Å²) in [6.45, 7) is 3.76. The lowest BCUT2D eigenvalue weighted by Crippen LogP contribution is -2.56. The van der Waals surface area contributed by atoms with Gasteiger partial charge in [-0.25, -0.2) is 14.4 Å². The third-order valence-electron chi connectivity index (χ3n) is 9.01. The van der Waals surface area contributed by atoms with Crippen LogP contribution >= 0.6 is 0 Å². The summed E-state index contributed by atoms with van der Waals surface area (Å²) in [5.41, 5.74) is 4.32. The normalized spacial score (nSPS) is 16.9. The number of carbonyl (C=O) groups is 12. The lowest BCUT2D eigenvalue weighted by atomic mass is 10.0. The molecule has 3 amide bonds. The zero-order chi connectivity index (χ0) is 51.8. The molecule has 1 saturated heterocycles. The molecule has 0 spiro atoms. The summed E-state index contributed by atoms with van der Waals surface area (Å²) in [7, 11) is 0. The standard InChI is InChI=1S/C45H46N4O21/c1-21(50)64-33-14-7-11-27(37(33)67-24(4)53)40(56)47-30-19-63-45(61)36(49-42(58)29-13-9-16-35(66-23(3)52)39(29)69-26(6)55)32(17-10-18-46)70-44(60)31(20-62-43(30)59)48-41(57)28-12-8-15-34(65-22(2)51)38(28)68-25(5)54/h7-9,11-16,30-32,36H,10,17-20,46H2,1-6H3,(H,47,56)(H,48,57)(H,49,58)/t30-,31-,32-,36-/m0/s1. The number of benzene rings is 3. The minimum Gasteiger partial charge on any atom is -0.461 e. The number of cyclic esters (lactones) is 3. The van der Waals surface area contributed by atoms with Crippen LogP contribution in [0.3, 0.4) is 0 Å². The van der Waals surface area contributed by atoms with Crippen LogP contribution in [0.15, 0.2) is 54.6 Å². The van der Waals surface area contributed by atoms with Crippen molar-refractivity contribution in [2.75, 3.05) is 19.8 Å². The largest absolute Gasteiger partial charge is 0.461 e. The van der Waals surface area contributed by atoms with Gasteiger partial charge in [-0.3, -0.25) is 43.2 Å². The number of hydrogen-bond donors (Lipinski definition) is 4. The number of nitrogens with one attached hydrogen (secondary N) is 3. The van der Waals surface area contributed by atoms with Crippen molar-refractivity contribution in [1.82, 2.24) is 16.0 Å². The van der Waals surface area contributed by atoms with Gasteiger partial charge in [-0.05, 0) is 55.8 Å². The highest BCUT2D eigenvalue weighted by atomic mass is 16.6. The van der Waals surface area contributed by atoms with Crippen molar-refractivity contribution in [3.63, 3.8) is 0 Å². The molecule has 4 atom stereocenters. The molecule has 1 aliphatic rings. The average molecular weight is 979 g/mol. The first-order chi connectivity index (χ1) is 33.1. The van der Waals surface area contributed by atoms with Crippen LogP contribution in [0.2, 0.25) is 0 Å². The Morgan fingerprint density at radius 2 is 0.843 bits per heavy atom. The first kappa shape index (κ1) is 53.9. The summed E-state index contributed by atoms with van der Waals surface area (Å²) in [5, 5.41) is 6.88. The maximum atomic E-state index is 14.2. The molecular weight excluding hydrogens is 933 g/mol. The Labute approximate surface area is 396 Å². The zero-order valence-electron chi connectivity index (χ0n) is 38.2. The zero-order valence-corrected chi connectivity index (χ0v) is 38.2. The van der Waals surface area contributed by atoms with Crippen molar-refractivity contribution in [2.24, 2.45) is 5.73 Å². The highest BCUT2D eigenvalue weighted by Gasteiger charge is 2.40. The molecule has 5 N–H and O–H groups in total. The van der Waals surface area contributed by atoms with E-state index in [1.807, 2.05) is 0 Å². The number of rotatable bonds is 15. The van der Waals surface area contributed by atoms with Gasteiger partial charge < -0.3 is 64.3 Å². The Morgan fingerprint density at radius 3 is 1.20 bits per heavy atom. The predicted octanol–water partition coefficient (Wildman–Crippen LogP) is 0.685. The molecule has 4 rings (SSSR count). The number of ether oxygens (including phenoxy) is 9. The Bertz CT molecular complexity index is 2590. The fourth-order valence-corrected chi connectivity index (χ4v) is 6.23. The average Bonchev–Trinajstić information content (AvgIpc) is 3.27. The Kier molecular flexibility index (Phi) is 19.1. The summed E-state index contributed by atoms with van der Waals surface area (Å²) in [5.74, 6) is -16.2. The first-order valence-electron chi connectivity index (χ1n) is 20.8. The van der Waals surface area contributed by atoms with Gasteiger partial charge in [0.1, 0.15) is 19.3 Å². The van der Waals surface area contributed by atoms with Crippen molar-refractivity contribution >= 4 is 71.4 Å². The van der Waals surface area contributed by atoms with Crippen molar-refractivity contribution in [3.8, 4) is 34.5 Å². The molecule has 0 aliphatic carbocycles. The molecule has 1 heterocycles. The number of para-hydroxylation sites is 3. The van der Waals surface area contributed by atoms with Crippen LogP contribution in [-0.4, -0.2) is 115 Å². The number of amides is 3. The minimum absolute atomic E-state index is 0.00527. The molecular formula is C45H46N4O21. The molecule has 0 saturated carbocycles. The number of nitrogens with two attached hydrogens (primary N) is 1. The minimum atomic E-state index is -2.05. The Hall–Kier alpha value is -8.74. The van der Waals surface area contributed by atoms with Gasteiger partial charge in [0, 0.05) is 41.5 Å². The monoisotopic (exact) mass is 978 g/mol. The lowest BCUT2D eigenvalue weighted by Gasteiger charge is -2.30. The topological polar surface area (TPSA) is 350 Å². The van der Waals surface area contributed by atoms with Crippen LogP contribution in [0.25, 0.3) is 0 Å². The van der Waals surface area contributed by atoms with Crippen molar-refractivity contribution in [2.45, 2.75) is 78.6 Å². The van der Waals surface area contributed by atoms with Crippen molar-refractivity contribution in [3.05, 3.63) is 71.3 Å². The SMILES string of the molecule is CC(=O)Oc1cccc(C(=O)N[C@H]2COC(=O)[C@@H](NC(=O)c3cccc(OC(C)=O)c3OC(C)=O)[C@H](CCCN)OC(=O)[C@@H](NC(=O)c3cccc(OC(C)=O)c3OC(C)=O)COC2=O)c1OC(C)=O. The van der Waals surface area contributed by atoms with Gasteiger partial charge in [0.2, 0.25) is 0 Å². The third kappa shape index (κ3) is 15.1. The first-order valence-corrected chi connectivity index (χ1v) is 20.8. The van der Waals surface area contributed by atoms with Gasteiger partial charge in [-0.1, -0.05) is 18.2 Å². The van der Waals surface area contributed by atoms with Crippen LogP contribution < -0.4 is 50.1 Å². The van der Waals surface area contributed by atoms with E-state index in [0.717, 1.165) is 59.7 Å². The van der Waals surface area contributed by atoms with E-state index in [0.29, 0.717) is 0 Å². The molecule has 0 bridgehead atoms. The highest BCUT2D eigenvalue weighted by molar-refractivity contribution is 6.03. The summed E-state index contributed by atoms with van der Waals surface area (Å²) < 4.78 is 47.4. The smallest absolute Gasteiger partial charge is 0.332 e. The van der Waals surface area contributed by atoms with Gasteiger partial charge in [0.05, 0.1) is 16.7 Å². The maximum absolute atomic E-state index is 14.2. The van der Waals surface area contributed by atoms with Crippen LogP contribution in [0.4, 0.5) is 0 Å². The van der Waals surface area contributed by atoms with E-state index in [1.165, 1.54) is 36.4 Å². The predicted molar refractivity (Wildman–Crippen MR) is 231 cm³/mol. The summed E-state index contributed by atoms with van der Waals surface area (Å²) in [6, 6.07) is 4.52. The highest BCUT2D eigenvalue weighted by Crippen LogP contribution is 2.34. The lowest BCUT2D eigenvalue weighted by molar-refractivity contribution is -0.166. The molecule has 1 aliphatic heterocycles. The quantitative estimate of drug-likeness (QED) is 0.0924. The Balaban J connectivity index is 1.85. The molecule has 25 heteroatoms. The van der Waals surface area contributed by atoms with E-state index in [4.69, 9.17) is 48.4 Å². The van der Waals surface area contributed by atoms with Crippen LogP contribution in [-0.2, 0) is 57.4 Å². The summed E-state index contributed by atoms with van der Waals surface area (Å²) >= 11 is 0. The van der Waals surface area contributed by atoms with Gasteiger partial charge in [-0.15, -0.1) is 0 Å². The number of esters is 9. The molecule has 0 aromatic heterocycles. The van der Waals surface area contributed by atoms with Crippen LogP contribution in [0.1, 0.15) is 85.5 Å². The fraction of sp³-hybridized carbons (Fsp3) is 0.333. The van der Waals surface area contributed by atoms with Crippen LogP contribution in [0, 0.1) is 0 Å². The van der Waals surface area contributed by atoms with Gasteiger partial charge in [0.15, 0.2) is 52.6 Å². The van der Waals surface area contributed by atoms with Crippen LogP contribution in [0.5, 0.6) is 34.5 Å². The molecule has 3 aromatic carbocycles. The molecule has 25 nitrogen and oxygen atoms in total. The van der Waals surface area contributed by atoms with E-state index in [2.05, 4.69) is 16.0 Å². The molecule has 1 fully saturated rings. The molecule has 3 aromatic rings. The third-order valence-corrected chi connectivity index (χ3v) is 9.01. The van der Waals surface area contributed by atoms with Crippen molar-refractivity contribution < 1.29 is 100 Å². The van der Waals surface area contributed by atoms with E-state index >= 15 is 0 Å². The molecule has 0 radical (unpaired) electrons. The maximum Gasteiger partial charge on any atom is 0.332 e. The molecule has 70 heavy (non-hydrogen) atoms. The second-order valence-electron chi connectivity index (χ2n) is 14.6. The Morgan fingerprint density at radius 1 is 0.500 bits per heavy atom. The summed E-state index contributed by atoms with van der Waals surface area (Å²) in [4.78, 5) is 156. The molecule has 0 unspecified atom stereocenters. The second-order valence-corrected chi connectivity index (χ2v) is 14.6. The fourth-order valence-electron chi connectivity index (χ4n) is 6.23. The summed E-state index contributed by atoms with van der Waals surface area (Å²) in [6.07, 6.45) is -2.07. The number of carbonyl (C=O) groups excluding carboxylic acids is 12. The molecule has 372 valence electrons. The van der Waals surface area contributed by atoms with E-state index in [-0.39, 0.29) is 36.6 Å². The van der Waals surface area contributed by atoms with Crippen molar-refractivity contribution in [1.29, 1.82) is 0 Å². The van der Waals surface area contributed by atoms with E-state index in [9.17, 15) is 57.5 Å². The van der Waals surface area contributed by atoms with E-state index in [1.54, 1.807) is 0 Å². The van der Waals surface area contributed by atoms with Gasteiger partial charge in [-0.2, -0.15) is 0 Å². The van der Waals surface area contributed by atoms with Gasteiger partial charge >= 0.3 is 53.7 Å².